The van der Waals surface area contributed by atoms with Gasteiger partial charge in [0, 0.05) is 16.7 Å². The van der Waals surface area contributed by atoms with Gasteiger partial charge in [0.2, 0.25) is 0 Å². The van der Waals surface area contributed by atoms with E-state index < -0.39 is 11.4 Å². The molecule has 0 saturated carbocycles. The van der Waals surface area contributed by atoms with Gasteiger partial charge in [-0.2, -0.15) is 0 Å². The molecule has 0 spiro atoms. The Morgan fingerprint density at radius 2 is 2.00 bits per heavy atom. The number of hydrogen-bond acceptors (Lipinski definition) is 3. The second-order valence-electron chi connectivity index (χ2n) is 5.13. The van der Waals surface area contributed by atoms with E-state index in [1.807, 2.05) is 22.6 Å². The summed E-state index contributed by atoms with van der Waals surface area (Å²) in [5.41, 5.74) is -0.670. The zero-order chi connectivity index (χ0) is 15.1. The number of hydrogen-bond donors (Lipinski definition) is 2. The topological polar surface area (TPSA) is 77.8 Å². The van der Waals surface area contributed by atoms with Crippen molar-refractivity contribution in [3.63, 3.8) is 0 Å². The molecular formula is C13H13I2NO4. The number of nitrogens with zero attached hydrogens (tertiary/aromatic N) is 1. The predicted molar refractivity (Wildman–Crippen MR) is 89.8 cm³/mol. The van der Waals surface area contributed by atoms with Crippen molar-refractivity contribution in [1.29, 1.82) is 0 Å². The number of carbonyl (C=O) groups excluding carboxylic acids is 1. The van der Waals surface area contributed by atoms with Gasteiger partial charge in [-0.15, -0.1) is 0 Å². The van der Waals surface area contributed by atoms with Crippen LogP contribution in [-0.4, -0.2) is 40.1 Å². The molecule has 1 aliphatic heterocycles. The molecule has 1 atom stereocenters. The molecule has 1 unspecified atom stereocenters. The number of rotatable bonds is 2. The Morgan fingerprint density at radius 1 is 1.35 bits per heavy atom. The summed E-state index contributed by atoms with van der Waals surface area (Å²) in [7, 11) is 0. The maximum absolute atomic E-state index is 12.4. The van der Waals surface area contributed by atoms with Gasteiger partial charge in [-0.05, 0) is 70.7 Å². The van der Waals surface area contributed by atoms with Crippen LogP contribution in [0.15, 0.2) is 12.1 Å². The Bertz CT molecular complexity index is 590. The summed E-state index contributed by atoms with van der Waals surface area (Å²) in [5, 5.41) is 19.2. The lowest BCUT2D eigenvalue weighted by atomic mass is 9.90. The zero-order valence-corrected chi connectivity index (χ0v) is 15.0. The van der Waals surface area contributed by atoms with Gasteiger partial charge >= 0.3 is 5.97 Å². The first-order chi connectivity index (χ1) is 9.24. The first-order valence-corrected chi connectivity index (χ1v) is 8.11. The molecule has 20 heavy (non-hydrogen) atoms. The van der Waals surface area contributed by atoms with Gasteiger partial charge in [-0.25, -0.2) is 0 Å². The van der Waals surface area contributed by atoms with Gasteiger partial charge in [0.1, 0.15) is 5.75 Å². The van der Waals surface area contributed by atoms with Crippen molar-refractivity contribution < 1.29 is 19.8 Å². The minimum Gasteiger partial charge on any atom is -0.506 e. The van der Waals surface area contributed by atoms with Crippen LogP contribution in [0.3, 0.4) is 0 Å². The summed E-state index contributed by atoms with van der Waals surface area (Å²) in [4.78, 5) is 25.2. The maximum atomic E-state index is 12.4. The van der Waals surface area contributed by atoms with Crippen molar-refractivity contribution in [3.05, 3.63) is 24.8 Å². The van der Waals surface area contributed by atoms with Crippen LogP contribution in [0.2, 0.25) is 0 Å². The minimum absolute atomic E-state index is 0.0417. The van der Waals surface area contributed by atoms with Crippen molar-refractivity contribution in [2.45, 2.75) is 13.3 Å². The normalized spacial score (nSPS) is 22.1. The number of phenols is 1. The molecule has 0 bridgehead atoms. The molecule has 0 aliphatic carbocycles. The van der Waals surface area contributed by atoms with E-state index in [-0.39, 0.29) is 23.8 Å². The summed E-state index contributed by atoms with van der Waals surface area (Å²) in [5.74, 6) is -1.25. The number of likely N-dealkylation sites (tertiary alicyclic amines) is 1. The lowest BCUT2D eigenvalue weighted by Gasteiger charge is -2.20. The van der Waals surface area contributed by atoms with Crippen LogP contribution in [0.25, 0.3) is 0 Å². The number of benzene rings is 1. The largest absolute Gasteiger partial charge is 0.506 e. The molecule has 7 heteroatoms. The Morgan fingerprint density at radius 3 is 2.55 bits per heavy atom. The van der Waals surface area contributed by atoms with Crippen molar-refractivity contribution >= 4 is 57.1 Å². The summed E-state index contributed by atoms with van der Waals surface area (Å²) in [6.07, 6.45) is 0.426. The highest BCUT2D eigenvalue weighted by Gasteiger charge is 2.42. The number of amides is 1. The molecule has 1 aromatic carbocycles. The Hall–Kier alpha value is -0.580. The third-order valence-electron chi connectivity index (χ3n) is 3.54. The van der Waals surface area contributed by atoms with E-state index >= 15 is 0 Å². The van der Waals surface area contributed by atoms with Gasteiger partial charge in [0.25, 0.3) is 5.91 Å². The van der Waals surface area contributed by atoms with E-state index in [9.17, 15) is 19.8 Å². The number of carboxylic acids is 1. The molecule has 0 radical (unpaired) electrons. The third-order valence-corrected chi connectivity index (χ3v) is 4.98. The second kappa shape index (κ2) is 5.66. The highest BCUT2D eigenvalue weighted by atomic mass is 127. The fourth-order valence-corrected chi connectivity index (χ4v) is 4.05. The number of carboxylic acid groups (broad SMARTS) is 1. The summed E-state index contributed by atoms with van der Waals surface area (Å²) >= 11 is 4.05. The molecule has 1 fully saturated rings. The molecule has 0 aromatic heterocycles. The molecule has 5 nitrogen and oxygen atoms in total. The highest BCUT2D eigenvalue weighted by molar-refractivity contribution is 14.1. The lowest BCUT2D eigenvalue weighted by Crippen LogP contribution is -2.35. The standard InChI is InChI=1S/C13H13I2NO4/c1-13(12(19)20)2-3-16(6-13)11(18)8-4-7(14)5-9(15)10(8)17/h4-5,17H,2-3,6H2,1H3,(H,19,20). The summed E-state index contributed by atoms with van der Waals surface area (Å²) in [6, 6.07) is 3.40. The summed E-state index contributed by atoms with van der Waals surface area (Å²) in [6.45, 7) is 2.20. The van der Waals surface area contributed by atoms with Crippen molar-refractivity contribution in [2.75, 3.05) is 13.1 Å². The second-order valence-corrected chi connectivity index (χ2v) is 7.53. The first kappa shape index (κ1) is 15.8. The van der Waals surface area contributed by atoms with E-state index in [4.69, 9.17) is 0 Å². The first-order valence-electron chi connectivity index (χ1n) is 5.95. The Labute approximate surface area is 143 Å². The van der Waals surface area contributed by atoms with Gasteiger partial charge in [-0.1, -0.05) is 0 Å². The fourth-order valence-electron chi connectivity index (χ4n) is 2.21. The van der Waals surface area contributed by atoms with Crippen LogP contribution in [0, 0.1) is 12.6 Å². The van der Waals surface area contributed by atoms with Crippen molar-refractivity contribution in [2.24, 2.45) is 5.41 Å². The van der Waals surface area contributed by atoms with E-state index in [0.717, 1.165) is 3.57 Å². The average Bonchev–Trinajstić information content (AvgIpc) is 2.77. The monoisotopic (exact) mass is 501 g/mol. The molecule has 1 amide bonds. The SMILES string of the molecule is CC1(C(=O)O)CCN(C(=O)c2cc(I)cc(I)c2O)C1. The van der Waals surface area contributed by atoms with Gasteiger partial charge in [0.05, 0.1) is 14.5 Å². The lowest BCUT2D eigenvalue weighted by molar-refractivity contribution is -0.147. The number of phenolic OH excluding ortho intramolecular Hbond substituents is 1. The molecule has 108 valence electrons. The molecule has 2 rings (SSSR count). The molecule has 1 heterocycles. The third kappa shape index (κ3) is 2.87. The highest BCUT2D eigenvalue weighted by Crippen LogP contribution is 2.33. The maximum Gasteiger partial charge on any atom is 0.311 e. The number of carbonyl (C=O) groups is 2. The quantitative estimate of drug-likeness (QED) is 0.612. The zero-order valence-electron chi connectivity index (χ0n) is 10.7. The Balaban J connectivity index is 2.28. The van der Waals surface area contributed by atoms with E-state index in [1.165, 1.54) is 4.90 Å². The van der Waals surface area contributed by atoms with Gasteiger partial charge in [-0.3, -0.25) is 9.59 Å². The van der Waals surface area contributed by atoms with Crippen LogP contribution in [-0.2, 0) is 4.79 Å². The van der Waals surface area contributed by atoms with E-state index in [0.29, 0.717) is 16.5 Å². The van der Waals surface area contributed by atoms with Crippen LogP contribution in [0.4, 0.5) is 0 Å². The number of aliphatic carboxylic acids is 1. The van der Waals surface area contributed by atoms with Gasteiger partial charge in [0.15, 0.2) is 0 Å². The Kier molecular flexibility index (Phi) is 4.47. The predicted octanol–water partition coefficient (Wildman–Crippen LogP) is 2.54. The van der Waals surface area contributed by atoms with Crippen LogP contribution in [0.1, 0.15) is 23.7 Å². The van der Waals surface area contributed by atoms with E-state index in [2.05, 4.69) is 22.6 Å². The number of halogens is 2. The minimum atomic E-state index is -0.902. The van der Waals surface area contributed by atoms with Crippen LogP contribution in [0.5, 0.6) is 5.75 Å². The van der Waals surface area contributed by atoms with Crippen LogP contribution < -0.4 is 0 Å². The van der Waals surface area contributed by atoms with Crippen molar-refractivity contribution in [3.8, 4) is 5.75 Å². The van der Waals surface area contributed by atoms with E-state index in [1.54, 1.807) is 19.1 Å². The number of aromatic hydroxyl groups is 1. The molecule has 2 N–H and O–H groups in total. The van der Waals surface area contributed by atoms with Gasteiger partial charge < -0.3 is 15.1 Å². The van der Waals surface area contributed by atoms with Crippen molar-refractivity contribution in [1.82, 2.24) is 4.90 Å². The smallest absolute Gasteiger partial charge is 0.311 e. The fraction of sp³-hybridized carbons (Fsp3) is 0.385. The molecule has 1 aliphatic rings. The molecule has 1 aromatic rings. The molecule has 1 saturated heterocycles. The summed E-state index contributed by atoms with van der Waals surface area (Å²) < 4.78 is 1.46. The molecular weight excluding hydrogens is 488 g/mol. The van der Waals surface area contributed by atoms with Crippen LogP contribution >= 0.6 is 45.2 Å². The average molecular weight is 501 g/mol.